The minimum atomic E-state index is -1.51. The zero-order valence-electron chi connectivity index (χ0n) is 16.0. The molecule has 3 rings (SSSR count). The van der Waals surface area contributed by atoms with Gasteiger partial charge in [0.15, 0.2) is 5.75 Å². The molecule has 0 unspecified atom stereocenters. The smallest absolute Gasteiger partial charge is 0.423 e. The number of ether oxygens (including phenoxy) is 1. The van der Waals surface area contributed by atoms with E-state index in [1.165, 1.54) is 6.20 Å². The summed E-state index contributed by atoms with van der Waals surface area (Å²) in [6.45, 7) is 0.0506. The number of carboxylic acid groups (broad SMARTS) is 1. The Hall–Kier alpha value is -4.55. The van der Waals surface area contributed by atoms with Crippen molar-refractivity contribution < 1.29 is 29.0 Å². The number of carbonyl (C=O) groups excluding carboxylic acids is 3. The second kappa shape index (κ2) is 9.30. The minimum absolute atomic E-state index is 0.0198. The monoisotopic (exact) mass is 430 g/mol. The summed E-state index contributed by atoms with van der Waals surface area (Å²) in [4.78, 5) is 62.3. The van der Waals surface area contributed by atoms with Crippen LogP contribution in [0.15, 0.2) is 47.4 Å². The predicted octanol–water partition coefficient (Wildman–Crippen LogP) is 0.229. The second-order valence-electron chi connectivity index (χ2n) is 6.24. The van der Waals surface area contributed by atoms with E-state index in [1.807, 2.05) is 35.8 Å². The predicted molar refractivity (Wildman–Crippen MR) is 104 cm³/mol. The van der Waals surface area contributed by atoms with Gasteiger partial charge in [0.1, 0.15) is 12.3 Å². The molecule has 0 aliphatic carbocycles. The number of hydrazine groups is 2. The molecule has 0 radical (unpaired) electrons. The van der Waals surface area contributed by atoms with Crippen LogP contribution in [0.5, 0.6) is 5.75 Å². The van der Waals surface area contributed by atoms with Crippen LogP contribution >= 0.6 is 0 Å². The van der Waals surface area contributed by atoms with Crippen LogP contribution < -0.4 is 26.4 Å². The summed E-state index contributed by atoms with van der Waals surface area (Å²) in [6.07, 6.45) is -0.270. The summed E-state index contributed by atoms with van der Waals surface area (Å²) in [7, 11) is 0. The third-order valence-electron chi connectivity index (χ3n) is 4.13. The number of aromatic nitrogens is 1. The van der Waals surface area contributed by atoms with Gasteiger partial charge >= 0.3 is 18.2 Å². The molecule has 0 saturated carbocycles. The molecule has 13 nitrogen and oxygen atoms in total. The van der Waals surface area contributed by atoms with Gasteiger partial charge in [-0.15, -0.1) is 0 Å². The van der Waals surface area contributed by atoms with Gasteiger partial charge in [0.05, 0.1) is 13.1 Å². The SMILES string of the molecule is O=C(O)NNC(=O)N1CCN(NC(=O)c2cc(=O)c(OCc3ccccc3)c[nH]2)C1=O. The summed E-state index contributed by atoms with van der Waals surface area (Å²) in [5.41, 5.74) is 5.92. The number of nitrogens with zero attached hydrogens (tertiary/aromatic N) is 2. The van der Waals surface area contributed by atoms with E-state index >= 15 is 0 Å². The maximum atomic E-state index is 12.4. The Kier molecular flexibility index (Phi) is 6.35. The lowest BCUT2D eigenvalue weighted by atomic mass is 10.2. The van der Waals surface area contributed by atoms with Gasteiger partial charge in [-0.05, 0) is 5.56 Å². The molecule has 13 heteroatoms. The number of carbonyl (C=O) groups is 4. The van der Waals surface area contributed by atoms with E-state index in [1.54, 1.807) is 5.43 Å². The van der Waals surface area contributed by atoms with Crippen LogP contribution in [-0.4, -0.2) is 57.2 Å². The molecule has 0 spiro atoms. The van der Waals surface area contributed by atoms with Gasteiger partial charge in [-0.1, -0.05) is 30.3 Å². The summed E-state index contributed by atoms with van der Waals surface area (Å²) >= 11 is 0. The first-order valence-corrected chi connectivity index (χ1v) is 8.93. The number of nitrogens with one attached hydrogen (secondary N) is 4. The van der Waals surface area contributed by atoms with Crippen LogP contribution in [0.4, 0.5) is 14.4 Å². The van der Waals surface area contributed by atoms with Crippen molar-refractivity contribution in [1.29, 1.82) is 0 Å². The molecule has 2 aromatic rings. The molecule has 2 heterocycles. The normalized spacial score (nSPS) is 13.0. The van der Waals surface area contributed by atoms with E-state index in [9.17, 15) is 24.0 Å². The van der Waals surface area contributed by atoms with Gasteiger partial charge in [0.2, 0.25) is 5.43 Å². The van der Waals surface area contributed by atoms with Crippen molar-refractivity contribution in [1.82, 2.24) is 31.2 Å². The number of H-pyrrole nitrogens is 1. The zero-order chi connectivity index (χ0) is 22.4. The van der Waals surface area contributed by atoms with Gasteiger partial charge in [-0.2, -0.15) is 0 Å². The van der Waals surface area contributed by atoms with Gasteiger partial charge in [0, 0.05) is 12.3 Å². The van der Waals surface area contributed by atoms with Crippen LogP contribution in [0, 0.1) is 0 Å². The van der Waals surface area contributed by atoms with Crippen molar-refractivity contribution in [3.8, 4) is 5.75 Å². The maximum absolute atomic E-state index is 12.4. The first-order valence-electron chi connectivity index (χ1n) is 8.93. The third kappa shape index (κ3) is 5.29. The molecule has 1 aliphatic heterocycles. The number of pyridine rings is 1. The molecule has 1 aromatic heterocycles. The van der Waals surface area contributed by atoms with Crippen molar-refractivity contribution in [2.45, 2.75) is 6.61 Å². The maximum Gasteiger partial charge on any atom is 0.423 e. The Bertz CT molecular complexity index is 1050. The fourth-order valence-corrected chi connectivity index (χ4v) is 2.62. The molecule has 1 saturated heterocycles. The van der Waals surface area contributed by atoms with Crippen LogP contribution in [0.25, 0.3) is 0 Å². The lowest BCUT2D eigenvalue weighted by Crippen LogP contribution is -2.51. The largest absolute Gasteiger partial charge is 0.483 e. The molecule has 6 amide bonds. The molecule has 1 fully saturated rings. The van der Waals surface area contributed by atoms with Crippen molar-refractivity contribution >= 4 is 24.1 Å². The van der Waals surface area contributed by atoms with E-state index in [4.69, 9.17) is 9.84 Å². The number of urea groups is 2. The number of rotatable bonds is 5. The number of amides is 6. The fourth-order valence-electron chi connectivity index (χ4n) is 2.62. The molecule has 5 N–H and O–H groups in total. The minimum Gasteiger partial charge on any atom is -0.483 e. The highest BCUT2D eigenvalue weighted by molar-refractivity contribution is 5.98. The van der Waals surface area contributed by atoms with Gasteiger partial charge in [-0.25, -0.2) is 35.1 Å². The Morgan fingerprint density at radius 1 is 1.10 bits per heavy atom. The summed E-state index contributed by atoms with van der Waals surface area (Å²) < 4.78 is 5.45. The Balaban J connectivity index is 1.57. The Morgan fingerprint density at radius 2 is 1.84 bits per heavy atom. The quantitative estimate of drug-likeness (QED) is 0.422. The molecular weight excluding hydrogens is 412 g/mol. The van der Waals surface area contributed by atoms with Crippen LogP contribution in [0.1, 0.15) is 16.1 Å². The number of benzene rings is 1. The molecule has 0 atom stereocenters. The van der Waals surface area contributed by atoms with E-state index < -0.39 is 29.5 Å². The highest BCUT2D eigenvalue weighted by atomic mass is 16.5. The van der Waals surface area contributed by atoms with Crippen LogP contribution in [0.3, 0.4) is 0 Å². The van der Waals surface area contributed by atoms with E-state index in [0.717, 1.165) is 16.6 Å². The number of hydrogen-bond donors (Lipinski definition) is 5. The van der Waals surface area contributed by atoms with Crippen LogP contribution in [-0.2, 0) is 6.61 Å². The van der Waals surface area contributed by atoms with Gasteiger partial charge in [0.25, 0.3) is 5.91 Å². The number of aromatic amines is 1. The molecule has 162 valence electrons. The first kappa shape index (κ1) is 21.2. The average Bonchev–Trinajstić information content (AvgIpc) is 3.12. The molecule has 1 aliphatic rings. The number of hydrogen-bond acceptors (Lipinski definition) is 6. The molecule has 1 aromatic carbocycles. The van der Waals surface area contributed by atoms with E-state index in [-0.39, 0.29) is 31.1 Å². The average molecular weight is 430 g/mol. The van der Waals surface area contributed by atoms with Crippen LogP contribution in [0.2, 0.25) is 0 Å². The van der Waals surface area contributed by atoms with Crippen molar-refractivity contribution in [2.75, 3.05) is 13.1 Å². The van der Waals surface area contributed by atoms with Crippen molar-refractivity contribution in [3.05, 3.63) is 64.1 Å². The Labute approximate surface area is 174 Å². The lowest BCUT2D eigenvalue weighted by molar-refractivity contribution is 0.0841. The third-order valence-corrected chi connectivity index (χ3v) is 4.13. The highest BCUT2D eigenvalue weighted by Crippen LogP contribution is 2.09. The lowest BCUT2D eigenvalue weighted by Gasteiger charge is -2.18. The molecule has 0 bridgehead atoms. The van der Waals surface area contributed by atoms with Crippen molar-refractivity contribution in [2.24, 2.45) is 0 Å². The standard InChI is InChI=1S/C18H18N6O7/c25-13-8-12(19-9-14(13)31-10-11-4-2-1-3-5-11)15(26)22-24-7-6-23(18(24)30)16(27)20-21-17(28)29/h1-5,8-9,21H,6-7,10H2,(H,19,25)(H,20,27)(H,22,26)(H,28,29). The fraction of sp³-hybridized carbons (Fsp3) is 0.167. The summed E-state index contributed by atoms with van der Waals surface area (Å²) in [5.74, 6) is -0.766. The first-order chi connectivity index (χ1) is 14.8. The summed E-state index contributed by atoms with van der Waals surface area (Å²) in [5, 5.41) is 9.33. The van der Waals surface area contributed by atoms with E-state index in [2.05, 4.69) is 10.4 Å². The van der Waals surface area contributed by atoms with Gasteiger partial charge < -0.3 is 14.8 Å². The second-order valence-corrected chi connectivity index (χ2v) is 6.24. The summed E-state index contributed by atoms with van der Waals surface area (Å²) in [6, 6.07) is 8.35. The van der Waals surface area contributed by atoms with E-state index in [0.29, 0.717) is 4.90 Å². The van der Waals surface area contributed by atoms with Crippen molar-refractivity contribution in [3.63, 3.8) is 0 Å². The zero-order valence-corrected chi connectivity index (χ0v) is 16.0. The highest BCUT2D eigenvalue weighted by Gasteiger charge is 2.34. The molecular formula is C18H18N6O7. The Morgan fingerprint density at radius 3 is 2.52 bits per heavy atom. The number of imide groups is 1. The molecule has 31 heavy (non-hydrogen) atoms. The topological polar surface area (TPSA) is 173 Å². The van der Waals surface area contributed by atoms with Gasteiger partial charge in [-0.3, -0.25) is 15.0 Å².